The Morgan fingerprint density at radius 3 is 2.20 bits per heavy atom. The molecule has 1 atom stereocenters. The maximum atomic E-state index is 14.1. The first-order valence-corrected chi connectivity index (χ1v) is 6.62. The summed E-state index contributed by atoms with van der Waals surface area (Å²) in [7, 11) is 0. The summed E-state index contributed by atoms with van der Waals surface area (Å²) >= 11 is 0. The number of hydrogen-bond donors (Lipinski definition) is 0. The Morgan fingerprint density at radius 1 is 1.20 bits per heavy atom. The lowest BCUT2D eigenvalue weighted by Crippen LogP contribution is -2.36. The third-order valence-corrected chi connectivity index (χ3v) is 4.42. The van der Waals surface area contributed by atoms with Crippen LogP contribution in [0.4, 0.5) is 4.39 Å². The van der Waals surface area contributed by atoms with Crippen molar-refractivity contribution in [3.05, 3.63) is 0 Å². The molecule has 15 heavy (non-hydrogen) atoms. The number of halogens is 1. The van der Waals surface area contributed by atoms with Gasteiger partial charge in [0.1, 0.15) is 6.17 Å². The Morgan fingerprint density at radius 2 is 1.73 bits per heavy atom. The van der Waals surface area contributed by atoms with E-state index >= 15 is 0 Å². The van der Waals surface area contributed by atoms with Gasteiger partial charge in [0.25, 0.3) is 0 Å². The van der Waals surface area contributed by atoms with E-state index in [4.69, 9.17) is 0 Å². The molecule has 0 saturated heterocycles. The van der Waals surface area contributed by atoms with E-state index in [2.05, 4.69) is 27.7 Å². The van der Waals surface area contributed by atoms with Crippen molar-refractivity contribution in [1.29, 1.82) is 0 Å². The molecule has 0 N–H and O–H groups in total. The predicted molar refractivity (Wildman–Crippen MR) is 64.7 cm³/mol. The molecule has 1 aliphatic rings. The smallest absolute Gasteiger partial charge is 0.105 e. The molecule has 0 aliphatic heterocycles. The van der Waals surface area contributed by atoms with Crippen LogP contribution >= 0.6 is 0 Å². The fourth-order valence-corrected chi connectivity index (χ4v) is 2.89. The highest BCUT2D eigenvalue weighted by Gasteiger charge is 2.38. The van der Waals surface area contributed by atoms with Crippen molar-refractivity contribution in [2.24, 2.45) is 17.3 Å². The van der Waals surface area contributed by atoms with Gasteiger partial charge in [-0.3, -0.25) is 0 Å². The van der Waals surface area contributed by atoms with Gasteiger partial charge in [0.05, 0.1) is 0 Å². The molecular formula is C14H27F. The minimum absolute atomic E-state index is 0.101. The van der Waals surface area contributed by atoms with Crippen LogP contribution in [0.5, 0.6) is 0 Å². The first kappa shape index (κ1) is 13.0. The molecule has 1 unspecified atom stereocenters. The van der Waals surface area contributed by atoms with Crippen molar-refractivity contribution < 1.29 is 4.39 Å². The van der Waals surface area contributed by atoms with Gasteiger partial charge in [0.15, 0.2) is 0 Å². The second-order valence-corrected chi connectivity index (χ2v) is 6.03. The molecule has 0 aromatic rings. The molecule has 0 aromatic carbocycles. The first-order chi connectivity index (χ1) is 6.98. The highest BCUT2D eigenvalue weighted by Crippen LogP contribution is 2.44. The molecule has 0 radical (unpaired) electrons. The average Bonchev–Trinajstić information content (AvgIpc) is 2.18. The van der Waals surface area contributed by atoms with Crippen LogP contribution in [-0.4, -0.2) is 6.17 Å². The highest BCUT2D eigenvalue weighted by molar-refractivity contribution is 4.87. The van der Waals surface area contributed by atoms with Gasteiger partial charge >= 0.3 is 0 Å². The summed E-state index contributed by atoms with van der Waals surface area (Å²) < 4.78 is 14.1. The summed E-state index contributed by atoms with van der Waals surface area (Å²) in [5, 5.41) is 0. The van der Waals surface area contributed by atoms with Crippen LogP contribution in [0.3, 0.4) is 0 Å². The lowest BCUT2D eigenvalue weighted by molar-refractivity contribution is 0.0391. The molecule has 1 aliphatic carbocycles. The van der Waals surface area contributed by atoms with E-state index in [0.29, 0.717) is 5.92 Å². The molecule has 0 spiro atoms. The second kappa shape index (κ2) is 5.32. The molecule has 0 aromatic heterocycles. The SMILES string of the molecule is CCCC(F)C(C)(C)C1CCC(C)CC1. The highest BCUT2D eigenvalue weighted by atomic mass is 19.1. The molecule has 1 saturated carbocycles. The van der Waals surface area contributed by atoms with Crippen molar-refractivity contribution in [3.63, 3.8) is 0 Å². The Bertz CT molecular complexity index is 178. The van der Waals surface area contributed by atoms with Crippen molar-refractivity contribution in [2.45, 2.75) is 72.4 Å². The predicted octanol–water partition coefficient (Wildman–Crippen LogP) is 4.98. The third-order valence-electron chi connectivity index (χ3n) is 4.42. The number of hydrogen-bond acceptors (Lipinski definition) is 0. The van der Waals surface area contributed by atoms with E-state index in [1.54, 1.807) is 0 Å². The van der Waals surface area contributed by atoms with Crippen LogP contribution in [-0.2, 0) is 0 Å². The Hall–Kier alpha value is -0.0700. The molecule has 0 nitrogen and oxygen atoms in total. The molecule has 90 valence electrons. The molecule has 0 bridgehead atoms. The Balaban J connectivity index is 2.52. The topological polar surface area (TPSA) is 0 Å². The van der Waals surface area contributed by atoms with E-state index in [1.807, 2.05) is 0 Å². The summed E-state index contributed by atoms with van der Waals surface area (Å²) in [5.41, 5.74) is -0.101. The maximum absolute atomic E-state index is 14.1. The quantitative estimate of drug-likeness (QED) is 0.619. The summed E-state index contributed by atoms with van der Waals surface area (Å²) in [5.74, 6) is 1.47. The summed E-state index contributed by atoms with van der Waals surface area (Å²) in [4.78, 5) is 0. The number of rotatable bonds is 4. The normalized spacial score (nSPS) is 30.2. The summed E-state index contributed by atoms with van der Waals surface area (Å²) in [6, 6.07) is 0. The lowest BCUT2D eigenvalue weighted by Gasteiger charge is -2.40. The van der Waals surface area contributed by atoms with E-state index in [1.165, 1.54) is 25.7 Å². The Kier molecular flexibility index (Phi) is 4.61. The van der Waals surface area contributed by atoms with Crippen LogP contribution in [0.15, 0.2) is 0 Å². The van der Waals surface area contributed by atoms with Crippen LogP contribution in [0.25, 0.3) is 0 Å². The van der Waals surface area contributed by atoms with E-state index in [-0.39, 0.29) is 5.41 Å². The molecule has 1 heteroatoms. The van der Waals surface area contributed by atoms with Gasteiger partial charge in [0, 0.05) is 0 Å². The van der Waals surface area contributed by atoms with Crippen molar-refractivity contribution in [3.8, 4) is 0 Å². The van der Waals surface area contributed by atoms with Crippen LogP contribution < -0.4 is 0 Å². The lowest BCUT2D eigenvalue weighted by atomic mass is 9.66. The van der Waals surface area contributed by atoms with Gasteiger partial charge in [-0.05, 0) is 36.5 Å². The van der Waals surface area contributed by atoms with Gasteiger partial charge < -0.3 is 0 Å². The number of alkyl halides is 1. The van der Waals surface area contributed by atoms with Gasteiger partial charge in [-0.1, -0.05) is 47.0 Å². The van der Waals surface area contributed by atoms with Crippen molar-refractivity contribution in [1.82, 2.24) is 0 Å². The fraction of sp³-hybridized carbons (Fsp3) is 1.00. The van der Waals surface area contributed by atoms with Gasteiger partial charge in [-0.2, -0.15) is 0 Å². The monoisotopic (exact) mass is 214 g/mol. The van der Waals surface area contributed by atoms with Crippen molar-refractivity contribution in [2.75, 3.05) is 0 Å². The van der Waals surface area contributed by atoms with E-state index in [0.717, 1.165) is 18.8 Å². The average molecular weight is 214 g/mol. The van der Waals surface area contributed by atoms with Crippen molar-refractivity contribution >= 4 is 0 Å². The molecule has 0 heterocycles. The fourth-order valence-electron chi connectivity index (χ4n) is 2.89. The maximum Gasteiger partial charge on any atom is 0.105 e. The van der Waals surface area contributed by atoms with Gasteiger partial charge in [-0.25, -0.2) is 4.39 Å². The zero-order chi connectivity index (χ0) is 11.5. The zero-order valence-electron chi connectivity index (χ0n) is 10.9. The standard InChI is InChI=1S/C14H27F/c1-5-6-13(15)14(3,4)12-9-7-11(2)8-10-12/h11-13H,5-10H2,1-4H3. The zero-order valence-corrected chi connectivity index (χ0v) is 10.9. The van der Waals surface area contributed by atoms with Crippen LogP contribution in [0, 0.1) is 17.3 Å². The summed E-state index contributed by atoms with van der Waals surface area (Å²) in [6.45, 7) is 8.66. The van der Waals surface area contributed by atoms with E-state index in [9.17, 15) is 4.39 Å². The third kappa shape index (κ3) is 3.19. The molecule has 0 amide bonds. The minimum atomic E-state index is -0.610. The molecule has 1 rings (SSSR count). The van der Waals surface area contributed by atoms with Crippen LogP contribution in [0.1, 0.15) is 66.2 Å². The van der Waals surface area contributed by atoms with E-state index < -0.39 is 6.17 Å². The van der Waals surface area contributed by atoms with Gasteiger partial charge in [-0.15, -0.1) is 0 Å². The van der Waals surface area contributed by atoms with Crippen LogP contribution in [0.2, 0.25) is 0 Å². The molecule has 1 fully saturated rings. The first-order valence-electron chi connectivity index (χ1n) is 6.62. The van der Waals surface area contributed by atoms with Gasteiger partial charge in [0.2, 0.25) is 0 Å². The molecular weight excluding hydrogens is 187 g/mol. The minimum Gasteiger partial charge on any atom is -0.247 e. The second-order valence-electron chi connectivity index (χ2n) is 6.03. The largest absolute Gasteiger partial charge is 0.247 e. The Labute approximate surface area is 94.6 Å². The summed E-state index contributed by atoms with van der Waals surface area (Å²) in [6.07, 6.45) is 6.16.